The molecule has 0 radical (unpaired) electrons. The molecule has 0 N–H and O–H groups in total. The van der Waals surface area contributed by atoms with Crippen molar-refractivity contribution in [2.45, 2.75) is 38.3 Å². The highest BCUT2D eigenvalue weighted by Gasteiger charge is 2.13. The standard InChI is InChI=1S/C8H7Cl.C7H16OSi/c1-2-7-5-3-4-6-8(7)9;1-2-6-9-7-4-3-5-8-9/h2-6H,1H2;9H,2-7H2,1H3. The summed E-state index contributed by atoms with van der Waals surface area (Å²) >= 11 is 5.75. The molecule has 3 heteroatoms. The van der Waals surface area contributed by atoms with E-state index in [0.29, 0.717) is 0 Å². The van der Waals surface area contributed by atoms with Gasteiger partial charge in [0.25, 0.3) is 0 Å². The molecular weight excluding hydrogens is 260 g/mol. The maximum atomic E-state index is 5.75. The topological polar surface area (TPSA) is 9.23 Å². The van der Waals surface area contributed by atoms with Crippen molar-refractivity contribution in [2.24, 2.45) is 0 Å². The normalized spacial score (nSPS) is 18.7. The van der Waals surface area contributed by atoms with Crippen LogP contribution >= 0.6 is 11.6 Å². The molecule has 1 atom stereocenters. The summed E-state index contributed by atoms with van der Waals surface area (Å²) in [5, 5.41) is 0.757. The van der Waals surface area contributed by atoms with E-state index in [9.17, 15) is 0 Å². The Labute approximate surface area is 118 Å². The second-order valence-electron chi connectivity index (χ2n) is 4.50. The molecule has 1 nitrogen and oxygen atoms in total. The summed E-state index contributed by atoms with van der Waals surface area (Å²) in [6.07, 6.45) is 5.82. The van der Waals surface area contributed by atoms with E-state index in [1.807, 2.05) is 24.3 Å². The van der Waals surface area contributed by atoms with Gasteiger partial charge in [0.15, 0.2) is 9.04 Å². The van der Waals surface area contributed by atoms with Gasteiger partial charge in [-0.15, -0.1) is 0 Å². The van der Waals surface area contributed by atoms with E-state index in [1.165, 1.54) is 31.4 Å². The second-order valence-corrected chi connectivity index (χ2v) is 7.64. The van der Waals surface area contributed by atoms with E-state index >= 15 is 0 Å². The fourth-order valence-electron chi connectivity index (χ4n) is 2.00. The first-order chi connectivity index (χ1) is 8.77. The Morgan fingerprint density at radius 3 is 2.67 bits per heavy atom. The van der Waals surface area contributed by atoms with Gasteiger partial charge in [0, 0.05) is 11.6 Å². The van der Waals surface area contributed by atoms with Crippen LogP contribution in [0.4, 0.5) is 0 Å². The molecule has 1 fully saturated rings. The van der Waals surface area contributed by atoms with Crippen LogP contribution in [0, 0.1) is 0 Å². The summed E-state index contributed by atoms with van der Waals surface area (Å²) in [7, 11) is -0.626. The van der Waals surface area contributed by atoms with Crippen LogP contribution in [0.3, 0.4) is 0 Å². The minimum atomic E-state index is -0.626. The van der Waals surface area contributed by atoms with E-state index in [1.54, 1.807) is 6.08 Å². The molecule has 2 rings (SSSR count). The molecule has 1 heterocycles. The van der Waals surface area contributed by atoms with Gasteiger partial charge in [-0.3, -0.25) is 0 Å². The third-order valence-electron chi connectivity index (χ3n) is 3.01. The molecular formula is C15H23ClOSi. The Morgan fingerprint density at radius 2 is 2.17 bits per heavy atom. The van der Waals surface area contributed by atoms with Crippen LogP contribution in [0.25, 0.3) is 6.08 Å². The highest BCUT2D eigenvalue weighted by molar-refractivity contribution is 6.51. The van der Waals surface area contributed by atoms with Crippen molar-refractivity contribution in [3.05, 3.63) is 41.4 Å². The molecule has 1 saturated heterocycles. The number of rotatable bonds is 3. The fourth-order valence-corrected chi connectivity index (χ4v) is 4.72. The van der Waals surface area contributed by atoms with Crippen LogP contribution in [0.15, 0.2) is 30.8 Å². The van der Waals surface area contributed by atoms with Gasteiger partial charge in [-0.25, -0.2) is 0 Å². The van der Waals surface area contributed by atoms with E-state index in [0.717, 1.165) is 17.2 Å². The zero-order chi connectivity index (χ0) is 13.2. The molecule has 0 aromatic heterocycles. The molecule has 0 saturated carbocycles. The largest absolute Gasteiger partial charge is 0.420 e. The number of hydrogen-bond donors (Lipinski definition) is 0. The Hall–Kier alpha value is -0.573. The van der Waals surface area contributed by atoms with Gasteiger partial charge in [0.1, 0.15) is 0 Å². The van der Waals surface area contributed by atoms with Crippen molar-refractivity contribution in [2.75, 3.05) is 6.61 Å². The Kier molecular flexibility index (Phi) is 8.06. The molecule has 18 heavy (non-hydrogen) atoms. The molecule has 1 unspecified atom stereocenters. The molecule has 0 spiro atoms. The van der Waals surface area contributed by atoms with Crippen LogP contribution in [0.2, 0.25) is 17.1 Å². The van der Waals surface area contributed by atoms with Gasteiger partial charge >= 0.3 is 0 Å². The summed E-state index contributed by atoms with van der Waals surface area (Å²) in [6.45, 7) is 6.93. The molecule has 1 aromatic rings. The van der Waals surface area contributed by atoms with Gasteiger partial charge in [-0.2, -0.15) is 0 Å². The first kappa shape index (κ1) is 15.5. The lowest BCUT2D eigenvalue weighted by molar-refractivity contribution is 0.286. The van der Waals surface area contributed by atoms with Crippen LogP contribution in [-0.2, 0) is 4.43 Å². The van der Waals surface area contributed by atoms with E-state index in [4.69, 9.17) is 16.0 Å². The van der Waals surface area contributed by atoms with Crippen LogP contribution < -0.4 is 0 Å². The van der Waals surface area contributed by atoms with Crippen molar-refractivity contribution in [1.29, 1.82) is 0 Å². The van der Waals surface area contributed by atoms with E-state index < -0.39 is 9.04 Å². The van der Waals surface area contributed by atoms with Crippen LogP contribution in [0.5, 0.6) is 0 Å². The van der Waals surface area contributed by atoms with Gasteiger partial charge in [0.05, 0.1) is 0 Å². The maximum absolute atomic E-state index is 5.75. The lowest BCUT2D eigenvalue weighted by Crippen LogP contribution is -2.22. The summed E-state index contributed by atoms with van der Waals surface area (Å²) in [4.78, 5) is 0. The molecule has 0 bridgehead atoms. The average Bonchev–Trinajstić information content (AvgIpc) is 2.42. The Morgan fingerprint density at radius 1 is 1.39 bits per heavy atom. The summed E-state index contributed by atoms with van der Waals surface area (Å²) in [5.41, 5.74) is 0.985. The van der Waals surface area contributed by atoms with E-state index in [2.05, 4.69) is 13.5 Å². The predicted octanol–water partition coefficient (Wildman–Crippen LogP) is 4.91. The van der Waals surface area contributed by atoms with Gasteiger partial charge in [0.2, 0.25) is 0 Å². The smallest absolute Gasteiger partial charge is 0.176 e. The maximum Gasteiger partial charge on any atom is 0.176 e. The first-order valence-corrected chi connectivity index (χ1v) is 9.24. The molecule has 0 amide bonds. The Balaban J connectivity index is 0.000000180. The van der Waals surface area contributed by atoms with Crippen molar-refractivity contribution in [3.63, 3.8) is 0 Å². The third kappa shape index (κ3) is 5.85. The SMILES string of the molecule is C=Cc1ccccc1Cl.CCC[SiH]1CCCCO1. The van der Waals surface area contributed by atoms with Crippen LogP contribution in [0.1, 0.15) is 31.7 Å². The Bertz CT molecular complexity index is 345. The highest BCUT2D eigenvalue weighted by atomic mass is 35.5. The minimum Gasteiger partial charge on any atom is -0.420 e. The first-order valence-electron chi connectivity index (χ1n) is 6.76. The van der Waals surface area contributed by atoms with Crippen LogP contribution in [-0.4, -0.2) is 15.6 Å². The number of hydrogen-bond acceptors (Lipinski definition) is 1. The monoisotopic (exact) mass is 282 g/mol. The van der Waals surface area contributed by atoms with Gasteiger partial charge in [-0.1, -0.05) is 62.2 Å². The molecule has 0 aliphatic carbocycles. The molecule has 1 aliphatic heterocycles. The van der Waals surface area contributed by atoms with Gasteiger partial charge in [-0.05, 0) is 30.1 Å². The van der Waals surface area contributed by atoms with Crippen molar-refractivity contribution < 1.29 is 4.43 Å². The van der Waals surface area contributed by atoms with E-state index in [-0.39, 0.29) is 0 Å². The third-order valence-corrected chi connectivity index (χ3v) is 6.33. The highest BCUT2D eigenvalue weighted by Crippen LogP contribution is 2.15. The minimum absolute atomic E-state index is 0.626. The average molecular weight is 283 g/mol. The molecule has 100 valence electrons. The predicted molar refractivity (Wildman–Crippen MR) is 83.8 cm³/mol. The van der Waals surface area contributed by atoms with Crippen molar-refractivity contribution in [3.8, 4) is 0 Å². The quantitative estimate of drug-likeness (QED) is 0.716. The summed E-state index contributed by atoms with van der Waals surface area (Å²) in [5.74, 6) is 0. The second kappa shape index (κ2) is 9.37. The lowest BCUT2D eigenvalue weighted by Gasteiger charge is -2.19. The molecule has 1 aromatic carbocycles. The number of halogens is 1. The van der Waals surface area contributed by atoms with Gasteiger partial charge < -0.3 is 4.43 Å². The zero-order valence-corrected chi connectivity index (χ0v) is 13.1. The summed E-state index contributed by atoms with van der Waals surface area (Å²) in [6, 6.07) is 10.4. The van der Waals surface area contributed by atoms with Crippen molar-refractivity contribution >= 4 is 26.7 Å². The summed E-state index contributed by atoms with van der Waals surface area (Å²) < 4.78 is 5.66. The number of benzene rings is 1. The molecule has 1 aliphatic rings. The van der Waals surface area contributed by atoms with Crippen molar-refractivity contribution in [1.82, 2.24) is 0 Å². The lowest BCUT2D eigenvalue weighted by atomic mass is 10.2. The fraction of sp³-hybridized carbons (Fsp3) is 0.467. The zero-order valence-electron chi connectivity index (χ0n) is 11.2.